The number of imide groups is 1. The molecule has 12 heteroatoms. The van der Waals surface area contributed by atoms with Gasteiger partial charge in [0, 0.05) is 42.6 Å². The Morgan fingerprint density at radius 1 is 1.10 bits per heavy atom. The molecule has 202 valence electrons. The molecule has 3 aliphatic rings. The Balaban J connectivity index is 1.20. The normalized spacial score (nSPS) is 19.3. The second-order valence-corrected chi connectivity index (χ2v) is 10.4. The van der Waals surface area contributed by atoms with Crippen LogP contribution in [-0.2, 0) is 27.5 Å². The van der Waals surface area contributed by atoms with Crippen LogP contribution in [0.15, 0.2) is 35.7 Å². The van der Waals surface area contributed by atoms with Gasteiger partial charge in [0.1, 0.15) is 12.6 Å². The molecule has 0 radical (unpaired) electrons. The first-order chi connectivity index (χ1) is 18.9. The number of amides is 3. The minimum Gasteiger partial charge on any atom is -0.485 e. The van der Waals surface area contributed by atoms with Crippen LogP contribution >= 0.6 is 11.3 Å². The van der Waals surface area contributed by atoms with E-state index in [0.29, 0.717) is 54.3 Å². The standard InChI is InChI=1S/C27H24F2N4O5S/c28-19-4-3-18(20-14-39-27(30-20)32-7-9-37-10-8-32)24(23(19)29)38-13-15-1-2-17-16(11-15)12-33(26(17)36)21-5-6-22(34)31-25(21)35/h1-4,11,14,21H,5-10,12-13H2,(H,31,34,35). The molecule has 3 aliphatic heterocycles. The Morgan fingerprint density at radius 2 is 1.90 bits per heavy atom. The Hall–Kier alpha value is -3.90. The van der Waals surface area contributed by atoms with Crippen LogP contribution < -0.4 is 15.0 Å². The summed E-state index contributed by atoms with van der Waals surface area (Å²) in [6.45, 7) is 2.74. The number of anilines is 1. The zero-order valence-corrected chi connectivity index (χ0v) is 21.6. The fraction of sp³-hybridized carbons (Fsp3) is 0.333. The molecule has 39 heavy (non-hydrogen) atoms. The molecule has 9 nitrogen and oxygen atoms in total. The molecule has 1 N–H and O–H groups in total. The van der Waals surface area contributed by atoms with Gasteiger partial charge in [0.2, 0.25) is 17.6 Å². The summed E-state index contributed by atoms with van der Waals surface area (Å²) < 4.78 is 40.3. The summed E-state index contributed by atoms with van der Waals surface area (Å²) in [5.74, 6) is -3.49. The van der Waals surface area contributed by atoms with Crippen molar-refractivity contribution in [2.24, 2.45) is 0 Å². The number of piperidine rings is 1. The highest BCUT2D eigenvalue weighted by atomic mass is 32.1. The molecule has 1 atom stereocenters. The summed E-state index contributed by atoms with van der Waals surface area (Å²) in [5.41, 5.74) is 2.62. The molecule has 6 rings (SSSR count). The third kappa shape index (κ3) is 4.85. The lowest BCUT2D eigenvalue weighted by Crippen LogP contribution is -2.52. The summed E-state index contributed by atoms with van der Waals surface area (Å²) in [5, 5.41) is 4.84. The van der Waals surface area contributed by atoms with Gasteiger partial charge in [0.25, 0.3) is 5.91 Å². The van der Waals surface area contributed by atoms with Crippen molar-refractivity contribution in [2.45, 2.75) is 32.0 Å². The van der Waals surface area contributed by atoms with Crippen LogP contribution in [0.4, 0.5) is 13.9 Å². The van der Waals surface area contributed by atoms with Crippen molar-refractivity contribution >= 4 is 34.2 Å². The molecule has 3 aromatic rings. The van der Waals surface area contributed by atoms with Crippen LogP contribution in [0, 0.1) is 11.6 Å². The van der Waals surface area contributed by atoms with E-state index < -0.39 is 23.6 Å². The second kappa shape index (κ2) is 10.3. The van der Waals surface area contributed by atoms with Gasteiger partial charge in [-0.1, -0.05) is 6.07 Å². The van der Waals surface area contributed by atoms with Crippen molar-refractivity contribution in [3.8, 4) is 17.0 Å². The van der Waals surface area contributed by atoms with Gasteiger partial charge in [-0.2, -0.15) is 4.39 Å². The zero-order chi connectivity index (χ0) is 27.1. The van der Waals surface area contributed by atoms with Crippen molar-refractivity contribution in [2.75, 3.05) is 31.2 Å². The molecule has 4 heterocycles. The second-order valence-electron chi connectivity index (χ2n) is 9.53. The Kier molecular flexibility index (Phi) is 6.73. The van der Waals surface area contributed by atoms with E-state index in [0.717, 1.165) is 11.2 Å². The maximum atomic E-state index is 14.9. The van der Waals surface area contributed by atoms with E-state index in [1.807, 2.05) is 0 Å². The van der Waals surface area contributed by atoms with Crippen molar-refractivity contribution in [1.82, 2.24) is 15.2 Å². The maximum absolute atomic E-state index is 14.9. The van der Waals surface area contributed by atoms with E-state index in [1.165, 1.54) is 22.3 Å². The number of benzene rings is 2. The van der Waals surface area contributed by atoms with Crippen molar-refractivity contribution in [3.05, 3.63) is 64.0 Å². The Labute approximate surface area is 226 Å². The number of carbonyl (C=O) groups excluding carboxylic acids is 3. The lowest BCUT2D eigenvalue weighted by Gasteiger charge is -2.29. The molecular formula is C27H24F2N4O5S. The van der Waals surface area contributed by atoms with E-state index in [1.54, 1.807) is 23.6 Å². The van der Waals surface area contributed by atoms with E-state index >= 15 is 0 Å². The van der Waals surface area contributed by atoms with Crippen LogP contribution in [0.3, 0.4) is 0 Å². The molecule has 0 saturated carbocycles. The average molecular weight is 555 g/mol. The van der Waals surface area contributed by atoms with Crippen LogP contribution in [-0.4, -0.2) is 60.0 Å². The fourth-order valence-electron chi connectivity index (χ4n) is 5.04. The molecule has 0 aliphatic carbocycles. The summed E-state index contributed by atoms with van der Waals surface area (Å²) in [4.78, 5) is 44.9. The van der Waals surface area contributed by atoms with Gasteiger partial charge in [-0.3, -0.25) is 19.7 Å². The number of fused-ring (bicyclic) bond motifs is 1. The number of nitrogens with zero attached hydrogens (tertiary/aromatic N) is 3. The lowest BCUT2D eigenvalue weighted by molar-refractivity contribution is -0.136. The van der Waals surface area contributed by atoms with Crippen LogP contribution in [0.25, 0.3) is 11.3 Å². The number of rotatable bonds is 6. The van der Waals surface area contributed by atoms with E-state index in [2.05, 4.69) is 15.2 Å². The molecule has 3 amide bonds. The predicted molar refractivity (Wildman–Crippen MR) is 137 cm³/mol. The summed E-state index contributed by atoms with van der Waals surface area (Å²) in [7, 11) is 0. The van der Waals surface area contributed by atoms with Gasteiger partial charge in [-0.05, 0) is 41.8 Å². The average Bonchev–Trinajstić information content (AvgIpc) is 3.55. The number of morpholine rings is 1. The predicted octanol–water partition coefficient (Wildman–Crippen LogP) is 3.26. The monoisotopic (exact) mass is 554 g/mol. The number of hydrogen-bond acceptors (Lipinski definition) is 8. The largest absolute Gasteiger partial charge is 0.485 e. The lowest BCUT2D eigenvalue weighted by atomic mass is 10.0. The summed E-state index contributed by atoms with van der Waals surface area (Å²) in [6, 6.07) is 6.86. The van der Waals surface area contributed by atoms with Crippen LogP contribution in [0.1, 0.15) is 34.3 Å². The number of carbonyl (C=O) groups is 3. The molecule has 2 saturated heterocycles. The molecule has 0 bridgehead atoms. The minimum absolute atomic E-state index is 0.0757. The first-order valence-electron chi connectivity index (χ1n) is 12.5. The van der Waals surface area contributed by atoms with Crippen LogP contribution in [0.2, 0.25) is 0 Å². The van der Waals surface area contributed by atoms with Gasteiger partial charge in [-0.25, -0.2) is 9.37 Å². The van der Waals surface area contributed by atoms with Gasteiger partial charge in [0.05, 0.1) is 18.9 Å². The number of halogens is 2. The van der Waals surface area contributed by atoms with E-state index in [4.69, 9.17) is 9.47 Å². The number of aromatic nitrogens is 1. The Morgan fingerprint density at radius 3 is 2.69 bits per heavy atom. The fourth-order valence-corrected chi connectivity index (χ4v) is 5.92. The van der Waals surface area contributed by atoms with Gasteiger partial charge in [-0.15, -0.1) is 11.3 Å². The molecular weight excluding hydrogens is 530 g/mol. The first-order valence-corrected chi connectivity index (χ1v) is 13.4. The maximum Gasteiger partial charge on any atom is 0.255 e. The van der Waals surface area contributed by atoms with Crippen LogP contribution in [0.5, 0.6) is 5.75 Å². The first kappa shape index (κ1) is 25.4. The quantitative estimate of drug-likeness (QED) is 0.467. The highest BCUT2D eigenvalue weighted by molar-refractivity contribution is 7.14. The number of nitrogens with one attached hydrogen (secondary N) is 1. The van der Waals surface area contributed by atoms with Crippen molar-refractivity contribution in [1.29, 1.82) is 0 Å². The zero-order valence-electron chi connectivity index (χ0n) is 20.7. The Bertz CT molecular complexity index is 1470. The van der Waals surface area contributed by atoms with Crippen molar-refractivity contribution in [3.63, 3.8) is 0 Å². The number of thiazole rings is 1. The number of hydrogen-bond donors (Lipinski definition) is 1. The van der Waals surface area contributed by atoms with Gasteiger partial charge >= 0.3 is 0 Å². The molecule has 2 aromatic carbocycles. The third-order valence-electron chi connectivity index (χ3n) is 7.07. The van der Waals surface area contributed by atoms with Gasteiger partial charge < -0.3 is 19.3 Å². The molecule has 1 aromatic heterocycles. The molecule has 1 unspecified atom stereocenters. The highest BCUT2D eigenvalue weighted by Crippen LogP contribution is 2.37. The smallest absolute Gasteiger partial charge is 0.255 e. The third-order valence-corrected chi connectivity index (χ3v) is 7.97. The van der Waals surface area contributed by atoms with Gasteiger partial charge in [0.15, 0.2) is 16.7 Å². The van der Waals surface area contributed by atoms with Crippen molar-refractivity contribution < 1.29 is 32.6 Å². The highest BCUT2D eigenvalue weighted by Gasteiger charge is 2.39. The SMILES string of the molecule is O=C1CCC(N2Cc3cc(COc4c(-c5csc(N6CCOCC6)n5)ccc(F)c4F)ccc3C2=O)C(=O)N1. The number of ether oxygens (including phenoxy) is 2. The molecule has 0 spiro atoms. The minimum atomic E-state index is -1.10. The summed E-state index contributed by atoms with van der Waals surface area (Å²) in [6.07, 6.45) is 0.440. The van der Waals surface area contributed by atoms with E-state index in [-0.39, 0.29) is 43.6 Å². The molecule has 2 fully saturated rings. The topological polar surface area (TPSA) is 101 Å². The van der Waals surface area contributed by atoms with E-state index in [9.17, 15) is 23.2 Å². The summed E-state index contributed by atoms with van der Waals surface area (Å²) >= 11 is 1.41.